The van der Waals surface area contributed by atoms with E-state index in [1.807, 2.05) is 30.3 Å². The number of benzene rings is 1. The second-order valence-electron chi connectivity index (χ2n) is 5.65. The molecule has 1 heterocycles. The number of aromatic nitrogens is 2. The van der Waals surface area contributed by atoms with Gasteiger partial charge in [0.15, 0.2) is 5.82 Å². The highest BCUT2D eigenvalue weighted by Crippen LogP contribution is 2.19. The van der Waals surface area contributed by atoms with Crippen molar-refractivity contribution in [2.45, 2.75) is 13.8 Å². The number of nitrogens with zero attached hydrogens (tertiary/aromatic N) is 2. The second-order valence-corrected chi connectivity index (χ2v) is 5.65. The first kappa shape index (κ1) is 19.2. The molecule has 0 bridgehead atoms. The largest absolute Gasteiger partial charge is 0.368 e. The molecule has 0 aliphatic carbocycles. The van der Waals surface area contributed by atoms with Gasteiger partial charge in [-0.1, -0.05) is 30.3 Å². The molecule has 0 radical (unpaired) electrons. The van der Waals surface area contributed by atoms with Gasteiger partial charge in [-0.2, -0.15) is 0 Å². The standard InChI is InChI=1S/C18H24N6O2/c1-13(25)19-8-10-21-16-12-17(22-11-9-20-14(2)26)24-18(23-16)15-6-4-3-5-7-15/h3-7,12H,8-11H2,1-2H3,(H,19,25)(H,20,26)(H2,21,22,23,24). The van der Waals surface area contributed by atoms with E-state index in [-0.39, 0.29) is 11.8 Å². The molecule has 4 N–H and O–H groups in total. The van der Waals surface area contributed by atoms with Gasteiger partial charge < -0.3 is 21.3 Å². The van der Waals surface area contributed by atoms with Gasteiger partial charge in [0.25, 0.3) is 0 Å². The van der Waals surface area contributed by atoms with Gasteiger partial charge in [0.2, 0.25) is 11.8 Å². The highest BCUT2D eigenvalue weighted by Gasteiger charge is 2.07. The van der Waals surface area contributed by atoms with E-state index in [4.69, 9.17) is 0 Å². The summed E-state index contributed by atoms with van der Waals surface area (Å²) in [6, 6.07) is 11.5. The average molecular weight is 356 g/mol. The maximum atomic E-state index is 10.9. The summed E-state index contributed by atoms with van der Waals surface area (Å²) in [6.45, 7) is 5.08. The van der Waals surface area contributed by atoms with Crippen LogP contribution in [-0.4, -0.2) is 48.0 Å². The maximum Gasteiger partial charge on any atom is 0.216 e. The summed E-state index contributed by atoms with van der Waals surface area (Å²) in [5.41, 5.74) is 0.905. The Morgan fingerprint density at radius 3 is 1.77 bits per heavy atom. The third kappa shape index (κ3) is 6.76. The predicted molar refractivity (Wildman–Crippen MR) is 102 cm³/mol. The Bertz CT molecular complexity index is 695. The molecule has 2 amide bonds. The van der Waals surface area contributed by atoms with Crippen LogP contribution in [0.3, 0.4) is 0 Å². The molecular formula is C18H24N6O2. The van der Waals surface area contributed by atoms with Crippen molar-refractivity contribution in [3.63, 3.8) is 0 Å². The van der Waals surface area contributed by atoms with Crippen LogP contribution >= 0.6 is 0 Å². The van der Waals surface area contributed by atoms with Gasteiger partial charge in [-0.25, -0.2) is 9.97 Å². The molecule has 1 aromatic carbocycles. The maximum absolute atomic E-state index is 10.9. The third-order valence-electron chi connectivity index (χ3n) is 3.37. The minimum atomic E-state index is -0.0696. The van der Waals surface area contributed by atoms with Crippen molar-refractivity contribution in [1.29, 1.82) is 0 Å². The first-order chi connectivity index (χ1) is 12.5. The second kappa shape index (κ2) is 9.97. The first-order valence-corrected chi connectivity index (χ1v) is 8.45. The van der Waals surface area contributed by atoms with Crippen LogP contribution in [0.25, 0.3) is 11.4 Å². The number of hydrogen-bond acceptors (Lipinski definition) is 6. The van der Waals surface area contributed by atoms with E-state index in [9.17, 15) is 9.59 Å². The fraction of sp³-hybridized carbons (Fsp3) is 0.333. The molecule has 0 saturated carbocycles. The van der Waals surface area contributed by atoms with E-state index >= 15 is 0 Å². The monoisotopic (exact) mass is 356 g/mol. The van der Waals surface area contributed by atoms with Gasteiger partial charge in [0.1, 0.15) is 11.6 Å². The zero-order valence-corrected chi connectivity index (χ0v) is 15.0. The summed E-state index contributed by atoms with van der Waals surface area (Å²) in [5, 5.41) is 11.8. The van der Waals surface area contributed by atoms with Crippen molar-refractivity contribution in [2.75, 3.05) is 36.8 Å². The number of anilines is 2. The first-order valence-electron chi connectivity index (χ1n) is 8.45. The molecule has 0 aliphatic heterocycles. The highest BCUT2D eigenvalue weighted by molar-refractivity contribution is 5.73. The normalized spacial score (nSPS) is 10.1. The quantitative estimate of drug-likeness (QED) is 0.504. The highest BCUT2D eigenvalue weighted by atomic mass is 16.2. The van der Waals surface area contributed by atoms with Crippen LogP contribution in [0.2, 0.25) is 0 Å². The molecule has 2 aromatic rings. The van der Waals surface area contributed by atoms with Crippen LogP contribution < -0.4 is 21.3 Å². The summed E-state index contributed by atoms with van der Waals surface area (Å²) < 4.78 is 0. The molecule has 0 unspecified atom stereocenters. The lowest BCUT2D eigenvalue weighted by atomic mass is 10.2. The molecular weight excluding hydrogens is 332 g/mol. The van der Waals surface area contributed by atoms with Crippen molar-refractivity contribution in [3.8, 4) is 11.4 Å². The van der Waals surface area contributed by atoms with E-state index in [1.165, 1.54) is 13.8 Å². The SMILES string of the molecule is CC(=O)NCCNc1cc(NCCNC(C)=O)nc(-c2ccccc2)n1. The van der Waals surface area contributed by atoms with Crippen LogP contribution in [0.5, 0.6) is 0 Å². The molecule has 8 nitrogen and oxygen atoms in total. The number of amides is 2. The molecule has 0 spiro atoms. The Hall–Kier alpha value is -3.16. The molecule has 2 rings (SSSR count). The van der Waals surface area contributed by atoms with Gasteiger partial charge in [0, 0.05) is 51.7 Å². The fourth-order valence-electron chi connectivity index (χ4n) is 2.20. The summed E-state index contributed by atoms with van der Waals surface area (Å²) in [6.07, 6.45) is 0. The van der Waals surface area contributed by atoms with Gasteiger partial charge in [0.05, 0.1) is 0 Å². The molecule has 0 aliphatic rings. The third-order valence-corrected chi connectivity index (χ3v) is 3.37. The summed E-state index contributed by atoms with van der Waals surface area (Å²) in [7, 11) is 0. The van der Waals surface area contributed by atoms with Gasteiger partial charge in [-0.15, -0.1) is 0 Å². The van der Waals surface area contributed by atoms with Crippen molar-refractivity contribution in [2.24, 2.45) is 0 Å². The lowest BCUT2D eigenvalue weighted by Gasteiger charge is -2.12. The van der Waals surface area contributed by atoms with E-state index in [2.05, 4.69) is 31.2 Å². The minimum absolute atomic E-state index is 0.0696. The molecule has 0 saturated heterocycles. The Labute approximate surface area is 152 Å². The topological polar surface area (TPSA) is 108 Å². The van der Waals surface area contributed by atoms with Crippen molar-refractivity contribution < 1.29 is 9.59 Å². The van der Waals surface area contributed by atoms with Crippen LogP contribution in [0.1, 0.15) is 13.8 Å². The molecule has 26 heavy (non-hydrogen) atoms. The zero-order chi connectivity index (χ0) is 18.8. The molecule has 8 heteroatoms. The molecule has 0 atom stereocenters. The smallest absolute Gasteiger partial charge is 0.216 e. The van der Waals surface area contributed by atoms with Crippen LogP contribution in [0.4, 0.5) is 11.6 Å². The van der Waals surface area contributed by atoms with Gasteiger partial charge >= 0.3 is 0 Å². The molecule has 0 fully saturated rings. The zero-order valence-electron chi connectivity index (χ0n) is 15.0. The fourth-order valence-corrected chi connectivity index (χ4v) is 2.20. The number of carbonyl (C=O) groups is 2. The average Bonchev–Trinajstić information content (AvgIpc) is 2.63. The van der Waals surface area contributed by atoms with Crippen LogP contribution in [0, 0.1) is 0 Å². The van der Waals surface area contributed by atoms with Crippen molar-refractivity contribution in [3.05, 3.63) is 36.4 Å². The van der Waals surface area contributed by atoms with E-state index in [1.54, 1.807) is 6.07 Å². The predicted octanol–water partition coefficient (Wildman–Crippen LogP) is 1.24. The number of rotatable bonds is 9. The molecule has 138 valence electrons. The van der Waals surface area contributed by atoms with E-state index in [0.717, 1.165) is 5.56 Å². The summed E-state index contributed by atoms with van der Waals surface area (Å²) >= 11 is 0. The van der Waals surface area contributed by atoms with Crippen molar-refractivity contribution in [1.82, 2.24) is 20.6 Å². The van der Waals surface area contributed by atoms with E-state index < -0.39 is 0 Å². The van der Waals surface area contributed by atoms with Gasteiger partial charge in [-0.3, -0.25) is 9.59 Å². The van der Waals surface area contributed by atoms with E-state index in [0.29, 0.717) is 43.6 Å². The number of carbonyl (C=O) groups excluding carboxylic acids is 2. The lowest BCUT2D eigenvalue weighted by Crippen LogP contribution is -2.27. The Morgan fingerprint density at radius 2 is 1.31 bits per heavy atom. The Balaban J connectivity index is 2.08. The minimum Gasteiger partial charge on any atom is -0.368 e. The lowest BCUT2D eigenvalue weighted by molar-refractivity contribution is -0.119. The van der Waals surface area contributed by atoms with Gasteiger partial charge in [-0.05, 0) is 0 Å². The summed E-state index contributed by atoms with van der Waals surface area (Å²) in [4.78, 5) is 30.9. The van der Waals surface area contributed by atoms with Crippen LogP contribution in [0.15, 0.2) is 36.4 Å². The Morgan fingerprint density at radius 1 is 0.808 bits per heavy atom. The molecule has 1 aromatic heterocycles. The Kier molecular flexibility index (Phi) is 7.35. The number of nitrogens with one attached hydrogen (secondary N) is 4. The van der Waals surface area contributed by atoms with Crippen LogP contribution in [-0.2, 0) is 9.59 Å². The summed E-state index contributed by atoms with van der Waals surface area (Å²) in [5.74, 6) is 1.77. The van der Waals surface area contributed by atoms with Crippen molar-refractivity contribution >= 4 is 23.5 Å². The number of hydrogen-bond donors (Lipinski definition) is 4.